The molecule has 1 unspecified atom stereocenters. The number of fused-ring (bicyclic) bond motifs is 1. The largest absolute Gasteiger partial charge is 0.378 e. The Morgan fingerprint density at radius 2 is 2.09 bits per heavy atom. The summed E-state index contributed by atoms with van der Waals surface area (Å²) in [6.07, 6.45) is 3.43. The molecule has 3 amide bonds. The standard InChI is InChI=1S/C14H16N6O3/c21-13-9(8-16-14(22)17-13)10-7-11(19-3-5-23-6-4-19)12-15-1-2-20(12)18-10/h1-2,7,9H,3-6,8H2,(H2,16,17,21,22). The molecule has 2 fully saturated rings. The second-order valence-electron chi connectivity index (χ2n) is 5.50. The van der Waals surface area contributed by atoms with Gasteiger partial charge >= 0.3 is 6.03 Å². The molecule has 1 atom stereocenters. The van der Waals surface area contributed by atoms with Crippen LogP contribution in [0.3, 0.4) is 0 Å². The molecule has 0 saturated carbocycles. The van der Waals surface area contributed by atoms with E-state index in [2.05, 4.69) is 25.6 Å². The van der Waals surface area contributed by atoms with Crippen molar-refractivity contribution in [3.63, 3.8) is 0 Å². The fourth-order valence-electron chi connectivity index (χ4n) is 2.90. The topological polar surface area (TPSA) is 101 Å². The average molecular weight is 316 g/mol. The number of ether oxygens (including phenoxy) is 1. The van der Waals surface area contributed by atoms with Crippen molar-refractivity contribution >= 4 is 23.3 Å². The van der Waals surface area contributed by atoms with Crippen molar-refractivity contribution in [2.75, 3.05) is 37.7 Å². The van der Waals surface area contributed by atoms with Crippen molar-refractivity contribution < 1.29 is 14.3 Å². The number of urea groups is 1. The van der Waals surface area contributed by atoms with E-state index in [4.69, 9.17) is 4.74 Å². The number of hydrogen-bond acceptors (Lipinski definition) is 6. The van der Waals surface area contributed by atoms with E-state index in [1.54, 1.807) is 16.9 Å². The zero-order valence-electron chi connectivity index (χ0n) is 12.4. The maximum Gasteiger partial charge on any atom is 0.321 e. The fraction of sp³-hybridized carbons (Fsp3) is 0.429. The van der Waals surface area contributed by atoms with Crippen LogP contribution in [0.5, 0.6) is 0 Å². The summed E-state index contributed by atoms with van der Waals surface area (Å²) in [4.78, 5) is 29.9. The monoisotopic (exact) mass is 316 g/mol. The van der Waals surface area contributed by atoms with Crippen LogP contribution in [-0.4, -0.2) is 59.4 Å². The first-order chi connectivity index (χ1) is 11.2. The quantitative estimate of drug-likeness (QED) is 0.774. The predicted molar refractivity (Wildman–Crippen MR) is 80.3 cm³/mol. The van der Waals surface area contributed by atoms with Gasteiger partial charge in [0.1, 0.15) is 0 Å². The van der Waals surface area contributed by atoms with E-state index in [-0.39, 0.29) is 12.5 Å². The van der Waals surface area contributed by atoms with Crippen molar-refractivity contribution in [2.24, 2.45) is 0 Å². The van der Waals surface area contributed by atoms with Crippen LogP contribution in [0.15, 0.2) is 18.5 Å². The molecule has 2 aliphatic heterocycles. The van der Waals surface area contributed by atoms with E-state index in [9.17, 15) is 9.59 Å². The number of rotatable bonds is 2. The summed E-state index contributed by atoms with van der Waals surface area (Å²) in [6.45, 7) is 3.08. The molecule has 23 heavy (non-hydrogen) atoms. The highest BCUT2D eigenvalue weighted by atomic mass is 16.5. The second kappa shape index (κ2) is 5.51. The molecular weight excluding hydrogens is 300 g/mol. The number of aromatic nitrogens is 3. The van der Waals surface area contributed by atoms with Crippen LogP contribution in [0, 0.1) is 0 Å². The Labute approximate surface area is 131 Å². The van der Waals surface area contributed by atoms with Gasteiger partial charge in [-0.3, -0.25) is 10.1 Å². The van der Waals surface area contributed by atoms with E-state index >= 15 is 0 Å². The molecule has 9 heteroatoms. The van der Waals surface area contributed by atoms with Crippen LogP contribution < -0.4 is 15.5 Å². The highest BCUT2D eigenvalue weighted by molar-refractivity contribution is 6.00. The van der Waals surface area contributed by atoms with Crippen LogP contribution in [0.25, 0.3) is 5.65 Å². The molecule has 0 aromatic carbocycles. The van der Waals surface area contributed by atoms with Gasteiger partial charge in [0, 0.05) is 32.0 Å². The molecule has 0 radical (unpaired) electrons. The van der Waals surface area contributed by atoms with Gasteiger partial charge in [-0.15, -0.1) is 0 Å². The number of carbonyl (C=O) groups is 2. The van der Waals surface area contributed by atoms with Gasteiger partial charge in [0.05, 0.1) is 30.5 Å². The molecule has 0 spiro atoms. The molecule has 0 aliphatic carbocycles. The molecule has 4 heterocycles. The van der Waals surface area contributed by atoms with E-state index < -0.39 is 11.9 Å². The van der Waals surface area contributed by atoms with Crippen LogP contribution in [0.4, 0.5) is 10.5 Å². The highest BCUT2D eigenvalue weighted by Crippen LogP contribution is 2.25. The summed E-state index contributed by atoms with van der Waals surface area (Å²) in [5.74, 6) is -0.854. The summed E-state index contributed by atoms with van der Waals surface area (Å²) in [5, 5.41) is 9.39. The lowest BCUT2D eigenvalue weighted by atomic mass is 10.0. The number of imide groups is 1. The van der Waals surface area contributed by atoms with E-state index in [0.717, 1.165) is 24.4 Å². The van der Waals surface area contributed by atoms with Gasteiger partial charge in [0.2, 0.25) is 5.91 Å². The maximum absolute atomic E-state index is 12.1. The summed E-state index contributed by atoms with van der Waals surface area (Å²) in [5.41, 5.74) is 2.28. The minimum absolute atomic E-state index is 0.237. The van der Waals surface area contributed by atoms with E-state index in [1.165, 1.54) is 0 Å². The second-order valence-corrected chi connectivity index (χ2v) is 5.50. The third-order valence-electron chi connectivity index (χ3n) is 4.09. The zero-order chi connectivity index (χ0) is 15.8. The SMILES string of the molecule is O=C1NCC(c2cc(N3CCOCC3)c3nccn3n2)C(=O)N1. The van der Waals surface area contributed by atoms with Gasteiger partial charge in [0.15, 0.2) is 5.65 Å². The van der Waals surface area contributed by atoms with Crippen molar-refractivity contribution in [3.05, 3.63) is 24.2 Å². The number of nitrogens with one attached hydrogen (secondary N) is 2. The van der Waals surface area contributed by atoms with Gasteiger partial charge in [-0.05, 0) is 6.07 Å². The van der Waals surface area contributed by atoms with Crippen LogP contribution >= 0.6 is 0 Å². The number of carbonyl (C=O) groups excluding carboxylic acids is 2. The summed E-state index contributed by atoms with van der Waals surface area (Å²) >= 11 is 0. The molecule has 2 aromatic heterocycles. The smallest absolute Gasteiger partial charge is 0.321 e. The Balaban J connectivity index is 1.75. The van der Waals surface area contributed by atoms with Crippen LogP contribution in [-0.2, 0) is 9.53 Å². The lowest BCUT2D eigenvalue weighted by molar-refractivity contribution is -0.122. The number of anilines is 1. The molecule has 2 N–H and O–H groups in total. The molecule has 2 saturated heterocycles. The molecule has 2 aromatic rings. The summed E-state index contributed by atoms with van der Waals surface area (Å²) in [6, 6.07) is 1.42. The summed E-state index contributed by atoms with van der Waals surface area (Å²) in [7, 11) is 0. The first-order valence-electron chi connectivity index (χ1n) is 7.48. The molecular formula is C14H16N6O3. The minimum Gasteiger partial charge on any atom is -0.378 e. The Hall–Kier alpha value is -2.68. The Morgan fingerprint density at radius 3 is 2.87 bits per heavy atom. The number of hydrogen-bond donors (Lipinski definition) is 2. The fourth-order valence-corrected chi connectivity index (χ4v) is 2.90. The summed E-state index contributed by atoms with van der Waals surface area (Å²) < 4.78 is 7.06. The van der Waals surface area contributed by atoms with Crippen molar-refractivity contribution in [1.29, 1.82) is 0 Å². The first-order valence-corrected chi connectivity index (χ1v) is 7.48. The highest BCUT2D eigenvalue weighted by Gasteiger charge is 2.30. The van der Waals surface area contributed by atoms with Gasteiger partial charge in [-0.1, -0.05) is 0 Å². The Morgan fingerprint density at radius 1 is 1.26 bits per heavy atom. The number of amides is 3. The molecule has 0 bridgehead atoms. The molecule has 4 rings (SSSR count). The van der Waals surface area contributed by atoms with E-state index in [1.807, 2.05) is 6.07 Å². The van der Waals surface area contributed by atoms with Gasteiger partial charge in [-0.2, -0.15) is 5.10 Å². The third kappa shape index (κ3) is 2.48. The molecule has 2 aliphatic rings. The van der Waals surface area contributed by atoms with Crippen molar-refractivity contribution in [2.45, 2.75) is 5.92 Å². The third-order valence-corrected chi connectivity index (χ3v) is 4.09. The lowest BCUT2D eigenvalue weighted by Crippen LogP contribution is -2.51. The Kier molecular flexibility index (Phi) is 3.34. The van der Waals surface area contributed by atoms with Gasteiger partial charge in [0.25, 0.3) is 0 Å². The molecule has 9 nitrogen and oxygen atoms in total. The van der Waals surface area contributed by atoms with Crippen molar-refractivity contribution in [3.8, 4) is 0 Å². The molecule has 120 valence electrons. The van der Waals surface area contributed by atoms with Crippen LogP contribution in [0.1, 0.15) is 11.6 Å². The van der Waals surface area contributed by atoms with Gasteiger partial charge < -0.3 is 15.0 Å². The normalized spacial score (nSPS) is 22.1. The first kappa shape index (κ1) is 13.9. The lowest BCUT2D eigenvalue weighted by Gasteiger charge is -2.30. The van der Waals surface area contributed by atoms with Gasteiger partial charge in [-0.25, -0.2) is 14.3 Å². The van der Waals surface area contributed by atoms with Crippen molar-refractivity contribution in [1.82, 2.24) is 25.2 Å². The Bertz CT molecular complexity index is 767. The number of nitrogens with zero attached hydrogens (tertiary/aromatic N) is 4. The number of morpholine rings is 1. The van der Waals surface area contributed by atoms with E-state index in [0.29, 0.717) is 18.9 Å². The van der Waals surface area contributed by atoms with Crippen LogP contribution in [0.2, 0.25) is 0 Å². The number of imidazole rings is 1. The maximum atomic E-state index is 12.1. The average Bonchev–Trinajstić information content (AvgIpc) is 3.03. The minimum atomic E-state index is -0.515. The predicted octanol–water partition coefficient (Wildman–Crippen LogP) is -0.511. The zero-order valence-corrected chi connectivity index (χ0v) is 12.4.